The van der Waals surface area contributed by atoms with Gasteiger partial charge in [-0.1, -0.05) is 26.0 Å². The Morgan fingerprint density at radius 1 is 1.32 bits per heavy atom. The van der Waals surface area contributed by atoms with Crippen LogP contribution in [0.15, 0.2) is 24.3 Å². The molecule has 19 heavy (non-hydrogen) atoms. The molecule has 1 aromatic carbocycles. The van der Waals surface area contributed by atoms with Crippen molar-refractivity contribution in [1.82, 2.24) is 9.78 Å². The van der Waals surface area contributed by atoms with E-state index in [-0.39, 0.29) is 5.69 Å². The number of aromatic nitrogens is 2. The van der Waals surface area contributed by atoms with Crippen molar-refractivity contribution in [3.8, 4) is 11.3 Å². The SMILES string of the molecule is Cc1ccc(C(C)C)cc1-c1cc(C(=O)O)n(C)n1. The number of carbonyl (C=O) groups is 1. The number of hydrogen-bond acceptors (Lipinski definition) is 2. The molecule has 2 aromatic rings. The molecule has 4 nitrogen and oxygen atoms in total. The van der Waals surface area contributed by atoms with Gasteiger partial charge in [-0.25, -0.2) is 4.79 Å². The molecule has 2 rings (SSSR count). The van der Waals surface area contributed by atoms with Crippen LogP contribution in [-0.2, 0) is 7.05 Å². The Hall–Kier alpha value is -2.10. The van der Waals surface area contributed by atoms with Gasteiger partial charge in [0.05, 0.1) is 5.69 Å². The summed E-state index contributed by atoms with van der Waals surface area (Å²) in [4.78, 5) is 11.1. The van der Waals surface area contributed by atoms with Gasteiger partial charge in [-0.3, -0.25) is 4.68 Å². The first-order valence-electron chi connectivity index (χ1n) is 6.28. The minimum absolute atomic E-state index is 0.198. The van der Waals surface area contributed by atoms with Crippen molar-refractivity contribution < 1.29 is 9.90 Å². The van der Waals surface area contributed by atoms with Crippen LogP contribution in [-0.4, -0.2) is 20.9 Å². The quantitative estimate of drug-likeness (QED) is 0.919. The van der Waals surface area contributed by atoms with E-state index in [4.69, 9.17) is 5.11 Å². The van der Waals surface area contributed by atoms with Crippen LogP contribution in [0.1, 0.15) is 41.4 Å². The van der Waals surface area contributed by atoms with Gasteiger partial charge in [-0.15, -0.1) is 0 Å². The van der Waals surface area contributed by atoms with E-state index in [0.717, 1.165) is 11.1 Å². The summed E-state index contributed by atoms with van der Waals surface area (Å²) in [5, 5.41) is 13.4. The van der Waals surface area contributed by atoms with Gasteiger partial charge in [0.25, 0.3) is 0 Å². The van der Waals surface area contributed by atoms with Crippen molar-refractivity contribution >= 4 is 5.97 Å². The predicted molar refractivity (Wildman–Crippen MR) is 74.4 cm³/mol. The van der Waals surface area contributed by atoms with Crippen LogP contribution in [0.3, 0.4) is 0 Å². The van der Waals surface area contributed by atoms with E-state index in [1.54, 1.807) is 13.1 Å². The number of aryl methyl sites for hydroxylation is 2. The molecule has 1 N–H and O–H groups in total. The van der Waals surface area contributed by atoms with Crippen molar-refractivity contribution in [2.45, 2.75) is 26.7 Å². The predicted octanol–water partition coefficient (Wildman–Crippen LogP) is 3.22. The summed E-state index contributed by atoms with van der Waals surface area (Å²) >= 11 is 0. The number of aromatic carboxylic acids is 1. The highest BCUT2D eigenvalue weighted by molar-refractivity contribution is 5.87. The summed E-state index contributed by atoms with van der Waals surface area (Å²) < 4.78 is 1.40. The molecule has 1 aromatic heterocycles. The molecule has 4 heteroatoms. The average molecular weight is 258 g/mol. The second kappa shape index (κ2) is 4.88. The average Bonchev–Trinajstić information content (AvgIpc) is 2.71. The molecule has 0 aliphatic heterocycles. The third-order valence-corrected chi connectivity index (χ3v) is 3.30. The molecule has 0 fully saturated rings. The molecular formula is C15H18N2O2. The van der Waals surface area contributed by atoms with Gasteiger partial charge < -0.3 is 5.11 Å². The molecule has 0 amide bonds. The number of nitrogens with zero attached hydrogens (tertiary/aromatic N) is 2. The molecule has 0 aliphatic carbocycles. The normalized spacial score (nSPS) is 11.0. The molecule has 0 unspecified atom stereocenters. The molecule has 1 heterocycles. The van der Waals surface area contributed by atoms with Gasteiger partial charge in [0.1, 0.15) is 5.69 Å². The van der Waals surface area contributed by atoms with E-state index in [1.165, 1.54) is 10.2 Å². The maximum absolute atomic E-state index is 11.1. The van der Waals surface area contributed by atoms with Gasteiger partial charge in [0.15, 0.2) is 0 Å². The fraction of sp³-hybridized carbons (Fsp3) is 0.333. The zero-order valence-electron chi connectivity index (χ0n) is 11.6. The van der Waals surface area contributed by atoms with Crippen LogP contribution >= 0.6 is 0 Å². The lowest BCUT2D eigenvalue weighted by molar-refractivity contribution is 0.0685. The van der Waals surface area contributed by atoms with E-state index in [1.807, 2.05) is 6.92 Å². The summed E-state index contributed by atoms with van der Waals surface area (Å²) in [7, 11) is 1.65. The highest BCUT2D eigenvalue weighted by atomic mass is 16.4. The van der Waals surface area contributed by atoms with Crippen molar-refractivity contribution in [2.24, 2.45) is 7.05 Å². The highest BCUT2D eigenvalue weighted by Crippen LogP contribution is 2.27. The van der Waals surface area contributed by atoms with Crippen LogP contribution in [0.2, 0.25) is 0 Å². The summed E-state index contributed by atoms with van der Waals surface area (Å²) in [6.45, 7) is 6.28. The molecule has 0 saturated carbocycles. The molecule has 0 atom stereocenters. The largest absolute Gasteiger partial charge is 0.477 e. The lowest BCUT2D eigenvalue weighted by Gasteiger charge is -2.09. The Morgan fingerprint density at radius 2 is 2.00 bits per heavy atom. The van der Waals surface area contributed by atoms with E-state index in [0.29, 0.717) is 11.6 Å². The van der Waals surface area contributed by atoms with E-state index in [9.17, 15) is 4.79 Å². The molecule has 0 bridgehead atoms. The number of carboxylic acids is 1. The first-order valence-corrected chi connectivity index (χ1v) is 6.28. The maximum atomic E-state index is 11.1. The topological polar surface area (TPSA) is 55.1 Å². The third-order valence-electron chi connectivity index (χ3n) is 3.30. The summed E-state index contributed by atoms with van der Waals surface area (Å²) in [5.41, 5.74) is 4.22. The first-order chi connectivity index (χ1) is 8.90. The van der Waals surface area contributed by atoms with Gasteiger partial charge >= 0.3 is 5.97 Å². The lowest BCUT2D eigenvalue weighted by atomic mass is 9.96. The molecule has 0 radical (unpaired) electrons. The molecule has 100 valence electrons. The molecule has 0 spiro atoms. The van der Waals surface area contributed by atoms with Crippen LogP contribution < -0.4 is 0 Å². The maximum Gasteiger partial charge on any atom is 0.354 e. The van der Waals surface area contributed by atoms with Crippen LogP contribution in [0.5, 0.6) is 0 Å². The monoisotopic (exact) mass is 258 g/mol. The minimum Gasteiger partial charge on any atom is -0.477 e. The Kier molecular flexibility index (Phi) is 3.42. The van der Waals surface area contributed by atoms with Crippen LogP contribution in [0.25, 0.3) is 11.3 Å². The molecule has 0 saturated heterocycles. The summed E-state index contributed by atoms with van der Waals surface area (Å²) in [5.74, 6) is -0.527. The van der Waals surface area contributed by atoms with E-state index in [2.05, 4.69) is 37.1 Å². The van der Waals surface area contributed by atoms with Gasteiger partial charge in [0, 0.05) is 12.6 Å². The molecule has 0 aliphatic rings. The van der Waals surface area contributed by atoms with Crippen molar-refractivity contribution in [1.29, 1.82) is 0 Å². The second-order valence-corrected chi connectivity index (χ2v) is 5.07. The second-order valence-electron chi connectivity index (χ2n) is 5.07. The Labute approximate surface area is 112 Å². The number of hydrogen-bond donors (Lipinski definition) is 1. The molecular weight excluding hydrogens is 240 g/mol. The number of rotatable bonds is 3. The van der Waals surface area contributed by atoms with Crippen LogP contribution in [0.4, 0.5) is 0 Å². The number of benzene rings is 1. The summed E-state index contributed by atoms with van der Waals surface area (Å²) in [6, 6.07) is 7.87. The van der Waals surface area contributed by atoms with Crippen molar-refractivity contribution in [3.63, 3.8) is 0 Å². The Bertz CT molecular complexity index is 627. The minimum atomic E-state index is -0.959. The fourth-order valence-electron chi connectivity index (χ4n) is 2.07. The fourth-order valence-corrected chi connectivity index (χ4v) is 2.07. The third kappa shape index (κ3) is 2.52. The van der Waals surface area contributed by atoms with Crippen LogP contribution in [0, 0.1) is 6.92 Å². The zero-order chi connectivity index (χ0) is 14.2. The smallest absolute Gasteiger partial charge is 0.354 e. The van der Waals surface area contributed by atoms with Gasteiger partial charge in [-0.2, -0.15) is 5.10 Å². The van der Waals surface area contributed by atoms with Crippen molar-refractivity contribution in [3.05, 3.63) is 41.1 Å². The van der Waals surface area contributed by atoms with E-state index >= 15 is 0 Å². The lowest BCUT2D eigenvalue weighted by Crippen LogP contribution is -2.04. The Balaban J connectivity index is 2.55. The van der Waals surface area contributed by atoms with Crippen molar-refractivity contribution in [2.75, 3.05) is 0 Å². The van der Waals surface area contributed by atoms with Gasteiger partial charge in [0.2, 0.25) is 0 Å². The zero-order valence-corrected chi connectivity index (χ0v) is 11.6. The van der Waals surface area contributed by atoms with Gasteiger partial charge in [-0.05, 0) is 36.1 Å². The van der Waals surface area contributed by atoms with E-state index < -0.39 is 5.97 Å². The first kappa shape index (κ1) is 13.3. The summed E-state index contributed by atoms with van der Waals surface area (Å²) in [6.07, 6.45) is 0. The number of carboxylic acid groups (broad SMARTS) is 1. The highest BCUT2D eigenvalue weighted by Gasteiger charge is 2.14. The standard InChI is InChI=1S/C15H18N2O2/c1-9(2)11-6-5-10(3)12(7-11)13-8-14(15(18)19)17(4)16-13/h5-9H,1-4H3,(H,18,19). The Morgan fingerprint density at radius 3 is 2.53 bits per heavy atom.